The number of rotatable bonds is 5. The first-order valence-electron chi connectivity index (χ1n) is 6.67. The third kappa shape index (κ3) is 3.03. The van der Waals surface area contributed by atoms with Crippen LogP contribution in [-0.4, -0.2) is 29.2 Å². The van der Waals surface area contributed by atoms with E-state index in [-0.39, 0.29) is 23.1 Å². The monoisotopic (exact) mass is 327 g/mol. The molecule has 0 amide bonds. The Kier molecular flexibility index (Phi) is 3.87. The molecule has 0 radical (unpaired) electrons. The van der Waals surface area contributed by atoms with Crippen molar-refractivity contribution in [1.82, 2.24) is 14.3 Å². The van der Waals surface area contributed by atoms with Gasteiger partial charge in [0.1, 0.15) is 0 Å². The van der Waals surface area contributed by atoms with Crippen molar-refractivity contribution >= 4 is 21.4 Å². The zero-order valence-electron chi connectivity index (χ0n) is 11.5. The van der Waals surface area contributed by atoms with Gasteiger partial charge in [-0.05, 0) is 30.2 Å². The molecule has 2 heterocycles. The molecule has 0 saturated heterocycles. The Morgan fingerprint density at radius 3 is 2.81 bits per heavy atom. The van der Waals surface area contributed by atoms with E-state index in [1.165, 1.54) is 23.9 Å². The number of imidazole rings is 1. The molecule has 2 aromatic rings. The number of nitrogens with one attached hydrogen (secondary N) is 1. The number of nitrogens with zero attached hydrogens (tertiary/aromatic N) is 2. The molecule has 21 heavy (non-hydrogen) atoms. The summed E-state index contributed by atoms with van der Waals surface area (Å²) in [5.41, 5.74) is 0. The van der Waals surface area contributed by atoms with Crippen molar-refractivity contribution in [1.29, 1.82) is 0 Å². The summed E-state index contributed by atoms with van der Waals surface area (Å²) >= 11 is 1.52. The fourth-order valence-corrected chi connectivity index (χ4v) is 4.72. The Balaban J connectivity index is 1.84. The number of sulfonamides is 1. The van der Waals surface area contributed by atoms with E-state index in [4.69, 9.17) is 0 Å². The van der Waals surface area contributed by atoms with Crippen LogP contribution in [0.1, 0.15) is 23.8 Å². The Morgan fingerprint density at radius 2 is 2.29 bits per heavy atom. The first kappa shape index (κ1) is 14.7. The van der Waals surface area contributed by atoms with Crippen LogP contribution in [0.3, 0.4) is 0 Å². The Morgan fingerprint density at radius 1 is 1.52 bits per heavy atom. The maximum atomic E-state index is 12.4. The third-order valence-electron chi connectivity index (χ3n) is 3.71. The second-order valence-electron chi connectivity index (χ2n) is 5.38. The van der Waals surface area contributed by atoms with Crippen LogP contribution in [-0.2, 0) is 17.1 Å². The third-order valence-corrected chi connectivity index (χ3v) is 5.99. The van der Waals surface area contributed by atoms with Crippen molar-refractivity contribution in [3.8, 4) is 0 Å². The summed E-state index contributed by atoms with van der Waals surface area (Å²) in [6.07, 6.45) is 3.85. The number of aryl methyl sites for hydroxylation is 1. The standard InChI is InChI=1S/C13H17N3O3S2/c1-16-7-12(14-8-16)21(18,19)15-13(9-5-10(17)6-9)11-3-2-4-20-11/h2-4,7-10,13,15,17H,5-6H2,1H3. The highest BCUT2D eigenvalue weighted by Gasteiger charge is 2.38. The minimum Gasteiger partial charge on any atom is -0.393 e. The molecule has 1 aliphatic carbocycles. The van der Waals surface area contributed by atoms with Gasteiger partial charge in [0, 0.05) is 18.1 Å². The highest BCUT2D eigenvalue weighted by atomic mass is 32.2. The predicted octanol–water partition coefficient (Wildman–Crippen LogP) is 1.27. The second kappa shape index (κ2) is 5.53. The molecular weight excluding hydrogens is 310 g/mol. The van der Waals surface area contributed by atoms with Crippen LogP contribution in [0.2, 0.25) is 0 Å². The van der Waals surface area contributed by atoms with Gasteiger partial charge in [-0.25, -0.2) is 18.1 Å². The zero-order chi connectivity index (χ0) is 15.0. The molecule has 1 unspecified atom stereocenters. The molecule has 114 valence electrons. The molecule has 6 nitrogen and oxygen atoms in total. The quantitative estimate of drug-likeness (QED) is 0.866. The lowest BCUT2D eigenvalue weighted by atomic mass is 9.77. The van der Waals surface area contributed by atoms with Crippen LogP contribution in [0, 0.1) is 5.92 Å². The van der Waals surface area contributed by atoms with Gasteiger partial charge in [-0.3, -0.25) is 0 Å². The first-order valence-corrected chi connectivity index (χ1v) is 9.04. The second-order valence-corrected chi connectivity index (χ2v) is 8.02. The molecule has 1 aliphatic rings. The number of aliphatic hydroxyl groups is 1. The van der Waals surface area contributed by atoms with Crippen LogP contribution in [0.4, 0.5) is 0 Å². The summed E-state index contributed by atoms with van der Waals surface area (Å²) in [5, 5.41) is 11.4. The predicted molar refractivity (Wildman–Crippen MR) is 79.3 cm³/mol. The number of aromatic nitrogens is 2. The zero-order valence-corrected chi connectivity index (χ0v) is 13.1. The molecule has 0 aliphatic heterocycles. The molecule has 3 rings (SSSR count). The van der Waals surface area contributed by atoms with Crippen molar-refractivity contribution < 1.29 is 13.5 Å². The van der Waals surface area contributed by atoms with Gasteiger partial charge in [-0.2, -0.15) is 0 Å². The van der Waals surface area contributed by atoms with E-state index in [2.05, 4.69) is 9.71 Å². The fourth-order valence-electron chi connectivity index (χ4n) is 2.51. The average molecular weight is 327 g/mol. The smallest absolute Gasteiger partial charge is 0.260 e. The lowest BCUT2D eigenvalue weighted by Gasteiger charge is -2.37. The Labute approximate surface area is 127 Å². The molecule has 0 bridgehead atoms. The summed E-state index contributed by atoms with van der Waals surface area (Å²) in [7, 11) is -1.93. The van der Waals surface area contributed by atoms with Crippen molar-refractivity contribution in [2.75, 3.05) is 0 Å². The van der Waals surface area contributed by atoms with Gasteiger partial charge in [0.2, 0.25) is 0 Å². The van der Waals surface area contributed by atoms with E-state index in [0.29, 0.717) is 12.8 Å². The topological polar surface area (TPSA) is 84.2 Å². The molecular formula is C13H17N3O3S2. The van der Waals surface area contributed by atoms with Crippen molar-refractivity contribution in [2.45, 2.75) is 30.0 Å². The molecule has 1 atom stereocenters. The van der Waals surface area contributed by atoms with Gasteiger partial charge < -0.3 is 9.67 Å². The van der Waals surface area contributed by atoms with Crippen LogP contribution in [0.5, 0.6) is 0 Å². The molecule has 0 aromatic carbocycles. The van der Waals surface area contributed by atoms with Gasteiger partial charge >= 0.3 is 0 Å². The Hall–Kier alpha value is -1.22. The number of hydrogen-bond acceptors (Lipinski definition) is 5. The summed E-state index contributed by atoms with van der Waals surface area (Å²) in [6, 6.07) is 3.51. The van der Waals surface area contributed by atoms with E-state index in [9.17, 15) is 13.5 Å². The van der Waals surface area contributed by atoms with Crippen LogP contribution in [0.25, 0.3) is 0 Å². The van der Waals surface area contributed by atoms with E-state index < -0.39 is 10.0 Å². The maximum absolute atomic E-state index is 12.4. The molecule has 0 spiro atoms. The summed E-state index contributed by atoms with van der Waals surface area (Å²) in [6.45, 7) is 0. The van der Waals surface area contributed by atoms with Crippen LogP contribution in [0.15, 0.2) is 35.1 Å². The fraction of sp³-hybridized carbons (Fsp3) is 0.462. The summed E-state index contributed by atoms with van der Waals surface area (Å²) < 4.78 is 29.2. The first-order chi connectivity index (χ1) is 9.95. The van der Waals surface area contributed by atoms with Crippen molar-refractivity contribution in [3.05, 3.63) is 34.9 Å². The van der Waals surface area contributed by atoms with Gasteiger partial charge in [-0.15, -0.1) is 11.3 Å². The lowest BCUT2D eigenvalue weighted by molar-refractivity contribution is 0.0285. The number of hydrogen-bond donors (Lipinski definition) is 2. The molecule has 2 N–H and O–H groups in total. The normalized spacial score (nSPS) is 23.7. The van der Waals surface area contributed by atoms with E-state index in [0.717, 1.165) is 4.88 Å². The Bertz CT molecular complexity index is 703. The van der Waals surface area contributed by atoms with Crippen LogP contribution >= 0.6 is 11.3 Å². The van der Waals surface area contributed by atoms with Crippen LogP contribution < -0.4 is 4.72 Å². The average Bonchev–Trinajstić information content (AvgIpc) is 3.03. The number of thiophene rings is 1. The highest BCUT2D eigenvalue weighted by molar-refractivity contribution is 7.89. The summed E-state index contributed by atoms with van der Waals surface area (Å²) in [4.78, 5) is 4.87. The molecule has 1 saturated carbocycles. The van der Waals surface area contributed by atoms with Gasteiger partial charge in [-0.1, -0.05) is 6.07 Å². The van der Waals surface area contributed by atoms with E-state index in [1.54, 1.807) is 11.6 Å². The largest absolute Gasteiger partial charge is 0.393 e. The minimum atomic E-state index is -3.66. The lowest BCUT2D eigenvalue weighted by Crippen LogP contribution is -2.41. The number of aliphatic hydroxyl groups excluding tert-OH is 1. The van der Waals surface area contributed by atoms with Gasteiger partial charge in [0.05, 0.1) is 18.5 Å². The van der Waals surface area contributed by atoms with Gasteiger partial charge in [0.15, 0.2) is 5.03 Å². The maximum Gasteiger partial charge on any atom is 0.260 e. The molecule has 8 heteroatoms. The SMILES string of the molecule is Cn1cnc(S(=O)(=O)NC(c2cccs2)C2CC(O)C2)c1. The van der Waals surface area contributed by atoms with Gasteiger partial charge in [0.25, 0.3) is 10.0 Å². The van der Waals surface area contributed by atoms with E-state index >= 15 is 0 Å². The molecule has 2 aromatic heterocycles. The van der Waals surface area contributed by atoms with Crippen molar-refractivity contribution in [2.24, 2.45) is 13.0 Å². The summed E-state index contributed by atoms with van der Waals surface area (Å²) in [5.74, 6) is 0.122. The van der Waals surface area contributed by atoms with Crippen molar-refractivity contribution in [3.63, 3.8) is 0 Å². The highest BCUT2D eigenvalue weighted by Crippen LogP contribution is 2.40. The molecule has 1 fully saturated rings. The van der Waals surface area contributed by atoms with E-state index in [1.807, 2.05) is 17.5 Å². The minimum absolute atomic E-state index is 0.0198.